The molecule has 0 aliphatic carbocycles. The number of rotatable bonds is 5. The number of halogens is 1. The zero-order chi connectivity index (χ0) is 22.2. The lowest BCUT2D eigenvalue weighted by Gasteiger charge is -2.13. The number of imidazole rings is 1. The molecule has 32 heavy (non-hydrogen) atoms. The highest BCUT2D eigenvalue weighted by Crippen LogP contribution is 2.36. The zero-order valence-electron chi connectivity index (χ0n) is 17.6. The summed E-state index contributed by atoms with van der Waals surface area (Å²) in [6.07, 6.45) is 1.46. The van der Waals surface area contributed by atoms with Gasteiger partial charge in [-0.25, -0.2) is 9.37 Å². The standard InChI is InChI=1S/C25H21FN4O2/c1-15-16(2)30(14-17-9-11-18(26)12-10-17)24(29-25(31)21-8-5-13-32-21)22(15)23-27-19-6-3-4-7-20(19)28-23/h3-13H,14H2,1-2H3,(H,27,28)(H,29,31). The highest BCUT2D eigenvalue weighted by Gasteiger charge is 2.24. The average Bonchev–Trinajstić information content (AvgIpc) is 3.51. The maximum atomic E-state index is 13.4. The molecule has 0 unspecified atom stereocenters. The molecule has 160 valence electrons. The molecular weight excluding hydrogens is 407 g/mol. The SMILES string of the molecule is Cc1c(-c2nc3ccccc3[nH]2)c(NC(=O)c2ccco2)n(Cc2ccc(F)cc2)c1C. The molecule has 0 aliphatic rings. The smallest absolute Gasteiger partial charge is 0.292 e. The molecule has 2 N–H and O–H groups in total. The first-order valence-electron chi connectivity index (χ1n) is 10.3. The van der Waals surface area contributed by atoms with Crippen molar-refractivity contribution >= 4 is 22.8 Å². The Balaban J connectivity index is 1.66. The van der Waals surface area contributed by atoms with Crippen LogP contribution in [0.15, 0.2) is 71.3 Å². The van der Waals surface area contributed by atoms with Crippen LogP contribution >= 0.6 is 0 Å². The van der Waals surface area contributed by atoms with Gasteiger partial charge in [0.1, 0.15) is 17.5 Å². The summed E-state index contributed by atoms with van der Waals surface area (Å²) in [7, 11) is 0. The van der Waals surface area contributed by atoms with Crippen molar-refractivity contribution in [3.63, 3.8) is 0 Å². The van der Waals surface area contributed by atoms with Crippen molar-refractivity contribution in [2.45, 2.75) is 20.4 Å². The van der Waals surface area contributed by atoms with Crippen molar-refractivity contribution in [2.75, 3.05) is 5.32 Å². The second-order valence-electron chi connectivity index (χ2n) is 7.68. The van der Waals surface area contributed by atoms with Gasteiger partial charge in [-0.05, 0) is 61.4 Å². The zero-order valence-corrected chi connectivity index (χ0v) is 17.6. The van der Waals surface area contributed by atoms with Crippen LogP contribution in [0.5, 0.6) is 0 Å². The Morgan fingerprint density at radius 2 is 1.88 bits per heavy atom. The monoisotopic (exact) mass is 428 g/mol. The molecule has 3 heterocycles. The number of hydrogen-bond donors (Lipinski definition) is 2. The van der Waals surface area contributed by atoms with Crippen molar-refractivity contribution in [3.05, 3.63) is 95.3 Å². The number of carbonyl (C=O) groups excluding carboxylic acids is 1. The van der Waals surface area contributed by atoms with Crippen molar-refractivity contribution in [1.82, 2.24) is 14.5 Å². The van der Waals surface area contributed by atoms with E-state index in [1.807, 2.05) is 42.7 Å². The van der Waals surface area contributed by atoms with Crippen LogP contribution in [-0.2, 0) is 6.54 Å². The number of carbonyl (C=O) groups is 1. The third-order valence-corrected chi connectivity index (χ3v) is 5.69. The van der Waals surface area contributed by atoms with Crippen molar-refractivity contribution in [3.8, 4) is 11.4 Å². The Morgan fingerprint density at radius 3 is 2.59 bits per heavy atom. The van der Waals surface area contributed by atoms with E-state index in [1.165, 1.54) is 18.4 Å². The Bertz CT molecular complexity index is 1380. The Morgan fingerprint density at radius 1 is 1.09 bits per heavy atom. The second kappa shape index (κ2) is 7.85. The third kappa shape index (κ3) is 3.47. The topological polar surface area (TPSA) is 75.8 Å². The van der Waals surface area contributed by atoms with E-state index in [1.54, 1.807) is 24.3 Å². The van der Waals surface area contributed by atoms with Gasteiger partial charge in [0.25, 0.3) is 5.91 Å². The third-order valence-electron chi connectivity index (χ3n) is 5.69. The minimum atomic E-state index is -0.356. The largest absolute Gasteiger partial charge is 0.459 e. The first-order chi connectivity index (χ1) is 15.5. The van der Waals surface area contributed by atoms with Crippen LogP contribution in [0.4, 0.5) is 10.2 Å². The fourth-order valence-electron chi connectivity index (χ4n) is 3.90. The van der Waals surface area contributed by atoms with Gasteiger partial charge in [0, 0.05) is 12.2 Å². The lowest BCUT2D eigenvalue weighted by Crippen LogP contribution is -2.16. The van der Waals surface area contributed by atoms with Crippen LogP contribution in [0.2, 0.25) is 0 Å². The Hall–Kier alpha value is -4.13. The van der Waals surface area contributed by atoms with Gasteiger partial charge in [0.15, 0.2) is 5.76 Å². The summed E-state index contributed by atoms with van der Waals surface area (Å²) in [4.78, 5) is 21.0. The molecule has 6 nitrogen and oxygen atoms in total. The van der Waals surface area contributed by atoms with Gasteiger partial charge in [-0.3, -0.25) is 4.79 Å². The molecule has 3 aromatic heterocycles. The molecule has 2 aromatic carbocycles. The van der Waals surface area contributed by atoms with Crippen LogP contribution in [0, 0.1) is 19.7 Å². The van der Waals surface area contributed by atoms with Crippen molar-refractivity contribution in [1.29, 1.82) is 0 Å². The van der Waals surface area contributed by atoms with E-state index in [4.69, 9.17) is 9.40 Å². The number of benzene rings is 2. The van der Waals surface area contributed by atoms with E-state index in [0.29, 0.717) is 18.2 Å². The van der Waals surface area contributed by atoms with Crippen LogP contribution in [0.25, 0.3) is 22.4 Å². The Kier molecular flexibility index (Phi) is 4.86. The summed E-state index contributed by atoms with van der Waals surface area (Å²) < 4.78 is 20.7. The number of nitrogens with zero attached hydrogens (tertiary/aromatic N) is 2. The maximum Gasteiger partial charge on any atom is 0.292 e. The minimum absolute atomic E-state index is 0.213. The molecule has 1 amide bonds. The minimum Gasteiger partial charge on any atom is -0.459 e. The lowest BCUT2D eigenvalue weighted by atomic mass is 10.1. The quantitative estimate of drug-likeness (QED) is 0.378. The van der Waals surface area contributed by atoms with Gasteiger partial charge in [-0.2, -0.15) is 0 Å². The second-order valence-corrected chi connectivity index (χ2v) is 7.68. The predicted octanol–water partition coefficient (Wildman–Crippen LogP) is 5.68. The summed E-state index contributed by atoms with van der Waals surface area (Å²) >= 11 is 0. The van der Waals surface area contributed by atoms with Crippen LogP contribution < -0.4 is 5.32 Å². The molecule has 0 spiro atoms. The van der Waals surface area contributed by atoms with Crippen LogP contribution in [0.1, 0.15) is 27.4 Å². The highest BCUT2D eigenvalue weighted by atomic mass is 19.1. The summed E-state index contributed by atoms with van der Waals surface area (Å²) in [5.41, 5.74) is 5.43. The van der Waals surface area contributed by atoms with Gasteiger partial charge in [0.05, 0.1) is 22.9 Å². The molecule has 0 saturated heterocycles. The molecule has 0 saturated carbocycles. The molecule has 5 aromatic rings. The van der Waals surface area contributed by atoms with Gasteiger partial charge >= 0.3 is 0 Å². The Labute approximate surface area is 183 Å². The molecule has 0 atom stereocenters. The molecule has 0 aliphatic heterocycles. The predicted molar refractivity (Wildman–Crippen MR) is 121 cm³/mol. The summed E-state index contributed by atoms with van der Waals surface area (Å²) in [5.74, 6) is 0.836. The fourth-order valence-corrected chi connectivity index (χ4v) is 3.90. The normalized spacial score (nSPS) is 11.2. The molecule has 0 radical (unpaired) electrons. The number of aromatic amines is 1. The van der Waals surface area contributed by atoms with Crippen molar-refractivity contribution in [2.24, 2.45) is 0 Å². The number of hydrogen-bond acceptors (Lipinski definition) is 3. The number of anilines is 1. The number of H-pyrrole nitrogens is 1. The molecular formula is C25H21FN4O2. The molecule has 5 rings (SSSR count). The first kappa shape index (κ1) is 19.8. The molecule has 7 heteroatoms. The van der Waals surface area contributed by atoms with Crippen molar-refractivity contribution < 1.29 is 13.6 Å². The average molecular weight is 428 g/mol. The van der Waals surface area contributed by atoms with E-state index in [9.17, 15) is 9.18 Å². The lowest BCUT2D eigenvalue weighted by molar-refractivity contribution is 0.0996. The number of furan rings is 1. The van der Waals surface area contributed by atoms with E-state index < -0.39 is 0 Å². The molecule has 0 fully saturated rings. The van der Waals surface area contributed by atoms with E-state index in [-0.39, 0.29) is 17.5 Å². The van der Waals surface area contributed by atoms with Crippen LogP contribution in [0.3, 0.4) is 0 Å². The number of amides is 1. The number of aromatic nitrogens is 3. The number of fused-ring (bicyclic) bond motifs is 1. The first-order valence-corrected chi connectivity index (χ1v) is 10.3. The van der Waals surface area contributed by atoms with Gasteiger partial charge in [-0.15, -0.1) is 0 Å². The van der Waals surface area contributed by atoms with Gasteiger partial charge < -0.3 is 19.3 Å². The molecule has 0 bridgehead atoms. The van der Waals surface area contributed by atoms with E-state index in [2.05, 4.69) is 10.3 Å². The van der Waals surface area contributed by atoms with E-state index in [0.717, 1.165) is 33.4 Å². The fraction of sp³-hybridized carbons (Fsp3) is 0.120. The summed E-state index contributed by atoms with van der Waals surface area (Å²) in [6, 6.07) is 17.4. The maximum absolute atomic E-state index is 13.4. The highest BCUT2D eigenvalue weighted by molar-refractivity contribution is 6.04. The number of nitrogens with one attached hydrogen (secondary N) is 2. The summed E-state index contributed by atoms with van der Waals surface area (Å²) in [5, 5.41) is 3.01. The van der Waals surface area contributed by atoms with Gasteiger partial charge in [-0.1, -0.05) is 24.3 Å². The van der Waals surface area contributed by atoms with E-state index >= 15 is 0 Å². The van der Waals surface area contributed by atoms with Gasteiger partial charge in [0.2, 0.25) is 0 Å². The summed E-state index contributed by atoms with van der Waals surface area (Å²) in [6.45, 7) is 4.45. The number of para-hydroxylation sites is 2. The van der Waals surface area contributed by atoms with Crippen LogP contribution in [-0.4, -0.2) is 20.4 Å².